The van der Waals surface area contributed by atoms with Crippen LogP contribution in [0.25, 0.3) is 0 Å². The Morgan fingerprint density at radius 2 is 1.73 bits per heavy atom. The highest BCUT2D eigenvalue weighted by molar-refractivity contribution is 9.11. The van der Waals surface area contributed by atoms with Crippen LogP contribution in [-0.2, 0) is 0 Å². The van der Waals surface area contributed by atoms with Crippen molar-refractivity contribution in [2.45, 2.75) is 26.8 Å². The summed E-state index contributed by atoms with van der Waals surface area (Å²) in [4.78, 5) is 0. The van der Waals surface area contributed by atoms with Crippen molar-refractivity contribution in [3.63, 3.8) is 0 Å². The number of anilines is 1. The maximum atomic E-state index is 6.19. The zero-order valence-corrected chi connectivity index (χ0v) is 12.3. The maximum absolute atomic E-state index is 6.19. The van der Waals surface area contributed by atoms with Crippen LogP contribution in [-0.4, -0.2) is 0 Å². The lowest BCUT2D eigenvalue weighted by atomic mass is 9.82. The van der Waals surface area contributed by atoms with Crippen LogP contribution < -0.4 is 11.5 Å². The van der Waals surface area contributed by atoms with Crippen molar-refractivity contribution in [2.24, 2.45) is 11.1 Å². The Labute approximate surface area is 108 Å². The maximum Gasteiger partial charge on any atom is 0.0507 e. The van der Waals surface area contributed by atoms with E-state index in [1.807, 2.05) is 12.1 Å². The van der Waals surface area contributed by atoms with Crippen molar-refractivity contribution < 1.29 is 0 Å². The minimum absolute atomic E-state index is 0.00560. The highest BCUT2D eigenvalue weighted by atomic mass is 79.9. The number of nitrogens with two attached hydrogens (primary N) is 2. The topological polar surface area (TPSA) is 52.0 Å². The molecule has 0 heterocycles. The fourth-order valence-electron chi connectivity index (χ4n) is 1.33. The molecule has 0 aromatic heterocycles. The van der Waals surface area contributed by atoms with Crippen LogP contribution in [0, 0.1) is 5.41 Å². The molecule has 15 heavy (non-hydrogen) atoms. The highest BCUT2D eigenvalue weighted by Crippen LogP contribution is 2.38. The second kappa shape index (κ2) is 4.44. The molecule has 0 aliphatic heterocycles. The van der Waals surface area contributed by atoms with E-state index >= 15 is 0 Å². The van der Waals surface area contributed by atoms with Crippen molar-refractivity contribution in [1.29, 1.82) is 0 Å². The molecule has 0 saturated carbocycles. The smallest absolute Gasteiger partial charge is 0.0507 e. The average Bonchev–Trinajstić information content (AvgIpc) is 2.08. The van der Waals surface area contributed by atoms with Gasteiger partial charge in [0, 0.05) is 15.0 Å². The number of halogens is 2. The Hall–Kier alpha value is -0.0600. The molecule has 1 aromatic carbocycles. The fourth-order valence-corrected chi connectivity index (χ4v) is 2.59. The second-order valence-electron chi connectivity index (χ2n) is 4.73. The summed E-state index contributed by atoms with van der Waals surface area (Å²) in [6.07, 6.45) is 0. The molecular weight excluding hydrogens is 320 g/mol. The van der Waals surface area contributed by atoms with E-state index in [0.29, 0.717) is 0 Å². The van der Waals surface area contributed by atoms with Crippen LogP contribution in [0.15, 0.2) is 21.1 Å². The van der Waals surface area contributed by atoms with E-state index in [0.717, 1.165) is 20.2 Å². The van der Waals surface area contributed by atoms with Gasteiger partial charge in [-0.2, -0.15) is 0 Å². The zero-order chi connectivity index (χ0) is 11.8. The van der Waals surface area contributed by atoms with Crippen molar-refractivity contribution in [2.75, 3.05) is 5.73 Å². The third kappa shape index (κ3) is 2.95. The molecule has 1 rings (SSSR count). The zero-order valence-electron chi connectivity index (χ0n) is 9.14. The summed E-state index contributed by atoms with van der Waals surface area (Å²) in [7, 11) is 0. The van der Waals surface area contributed by atoms with Crippen LogP contribution >= 0.6 is 31.9 Å². The average molecular weight is 336 g/mol. The van der Waals surface area contributed by atoms with E-state index in [-0.39, 0.29) is 11.5 Å². The summed E-state index contributed by atoms with van der Waals surface area (Å²) in [6, 6.07) is 3.83. The van der Waals surface area contributed by atoms with Gasteiger partial charge in [-0.3, -0.25) is 0 Å². The van der Waals surface area contributed by atoms with Gasteiger partial charge in [0.05, 0.1) is 5.69 Å². The summed E-state index contributed by atoms with van der Waals surface area (Å²) in [5.74, 6) is 0. The summed E-state index contributed by atoms with van der Waals surface area (Å²) < 4.78 is 1.87. The first-order valence-corrected chi connectivity index (χ1v) is 6.32. The quantitative estimate of drug-likeness (QED) is 0.766. The van der Waals surface area contributed by atoms with E-state index in [1.165, 1.54) is 0 Å². The lowest BCUT2D eigenvalue weighted by Crippen LogP contribution is -2.27. The van der Waals surface area contributed by atoms with Crippen LogP contribution in [0.3, 0.4) is 0 Å². The number of hydrogen-bond donors (Lipinski definition) is 2. The van der Waals surface area contributed by atoms with Crippen LogP contribution in [0.5, 0.6) is 0 Å². The Morgan fingerprint density at radius 3 is 2.20 bits per heavy atom. The molecule has 84 valence electrons. The van der Waals surface area contributed by atoms with Gasteiger partial charge >= 0.3 is 0 Å². The third-order valence-corrected chi connectivity index (χ3v) is 3.51. The Kier molecular flexibility index (Phi) is 3.85. The highest BCUT2D eigenvalue weighted by Gasteiger charge is 2.25. The number of hydrogen-bond acceptors (Lipinski definition) is 2. The monoisotopic (exact) mass is 334 g/mol. The van der Waals surface area contributed by atoms with Crippen molar-refractivity contribution in [1.82, 2.24) is 0 Å². The normalized spacial score (nSPS) is 14.0. The lowest BCUT2D eigenvalue weighted by molar-refractivity contribution is 0.327. The Morgan fingerprint density at radius 1 is 1.20 bits per heavy atom. The second-order valence-corrected chi connectivity index (χ2v) is 6.50. The first-order valence-electron chi connectivity index (χ1n) is 4.73. The van der Waals surface area contributed by atoms with Gasteiger partial charge in [-0.05, 0) is 39.0 Å². The van der Waals surface area contributed by atoms with E-state index < -0.39 is 0 Å². The molecule has 4 N–H and O–H groups in total. The van der Waals surface area contributed by atoms with E-state index in [2.05, 4.69) is 52.6 Å². The van der Waals surface area contributed by atoms with Crippen LogP contribution in [0.1, 0.15) is 32.4 Å². The first kappa shape index (κ1) is 13.0. The van der Waals surface area contributed by atoms with Crippen LogP contribution in [0.2, 0.25) is 0 Å². The number of benzene rings is 1. The molecule has 0 saturated heterocycles. The molecule has 0 spiro atoms. The van der Waals surface area contributed by atoms with Gasteiger partial charge in [0.15, 0.2) is 0 Å². The van der Waals surface area contributed by atoms with Crippen molar-refractivity contribution >= 4 is 37.5 Å². The fraction of sp³-hybridized carbons (Fsp3) is 0.455. The minimum Gasteiger partial charge on any atom is -0.398 e. The van der Waals surface area contributed by atoms with Crippen LogP contribution in [0.4, 0.5) is 5.69 Å². The Bertz CT molecular complexity index is 370. The molecule has 0 radical (unpaired) electrons. The van der Waals surface area contributed by atoms with E-state index in [9.17, 15) is 0 Å². The lowest BCUT2D eigenvalue weighted by Gasteiger charge is -2.28. The predicted molar refractivity (Wildman–Crippen MR) is 72.6 cm³/mol. The number of nitrogen functional groups attached to an aromatic ring is 1. The van der Waals surface area contributed by atoms with E-state index in [1.54, 1.807) is 0 Å². The van der Waals surface area contributed by atoms with Gasteiger partial charge in [-0.1, -0.05) is 36.7 Å². The van der Waals surface area contributed by atoms with Gasteiger partial charge in [0.1, 0.15) is 0 Å². The molecule has 0 unspecified atom stereocenters. The molecule has 0 amide bonds. The summed E-state index contributed by atoms with van der Waals surface area (Å²) in [5, 5.41) is 0. The number of rotatable bonds is 1. The third-order valence-electron chi connectivity index (χ3n) is 2.39. The molecule has 4 heteroatoms. The molecule has 1 aromatic rings. The van der Waals surface area contributed by atoms with Gasteiger partial charge < -0.3 is 11.5 Å². The summed E-state index contributed by atoms with van der Waals surface area (Å²) in [5.41, 5.74) is 13.9. The first-order chi connectivity index (χ1) is 6.73. The van der Waals surface area contributed by atoms with E-state index in [4.69, 9.17) is 11.5 Å². The molecule has 1 atom stereocenters. The molecule has 0 bridgehead atoms. The van der Waals surface area contributed by atoms with Crippen molar-refractivity contribution in [3.8, 4) is 0 Å². The molecule has 0 aliphatic rings. The standard InChI is InChI=1S/C11H16Br2N2/c1-11(2,3)10(15)7-4-6(12)5-8(13)9(7)14/h4-5,10H,14-15H2,1-3H3/t10-/m1/s1. The minimum atomic E-state index is -0.0775. The predicted octanol–water partition coefficient (Wildman–Crippen LogP) is 3.84. The molecular formula is C11H16Br2N2. The SMILES string of the molecule is CC(C)(C)[C@H](N)c1cc(Br)cc(Br)c1N. The van der Waals surface area contributed by atoms with Gasteiger partial charge in [-0.15, -0.1) is 0 Å². The van der Waals surface area contributed by atoms with Gasteiger partial charge in [0.2, 0.25) is 0 Å². The van der Waals surface area contributed by atoms with Gasteiger partial charge in [0.25, 0.3) is 0 Å². The summed E-state index contributed by atoms with van der Waals surface area (Å²) >= 11 is 6.86. The largest absolute Gasteiger partial charge is 0.398 e. The molecule has 0 fully saturated rings. The molecule has 0 aliphatic carbocycles. The summed E-state index contributed by atoms with van der Waals surface area (Å²) in [6.45, 7) is 6.31. The van der Waals surface area contributed by atoms with Crippen molar-refractivity contribution in [3.05, 3.63) is 26.6 Å². The molecule has 2 nitrogen and oxygen atoms in total. The Balaban J connectivity index is 3.25. The van der Waals surface area contributed by atoms with Gasteiger partial charge in [-0.25, -0.2) is 0 Å².